The van der Waals surface area contributed by atoms with Gasteiger partial charge in [-0.25, -0.2) is 0 Å². The molecule has 1 amide bonds. The van der Waals surface area contributed by atoms with Gasteiger partial charge in [-0.15, -0.1) is 0 Å². The standard InChI is InChI=1S/C12H18N2O/c1-8(2)6-12(15)14-11-7-10(13)5-4-9(11)3/h4-5,7-8H,6,13H2,1-3H3,(H,14,15). The molecule has 0 saturated heterocycles. The Hall–Kier alpha value is -1.51. The summed E-state index contributed by atoms with van der Waals surface area (Å²) in [6.07, 6.45) is 0.536. The minimum atomic E-state index is 0.0405. The van der Waals surface area contributed by atoms with Crippen LogP contribution in [0.2, 0.25) is 0 Å². The van der Waals surface area contributed by atoms with Crippen LogP contribution in [-0.2, 0) is 4.79 Å². The summed E-state index contributed by atoms with van der Waals surface area (Å²) >= 11 is 0. The Kier molecular flexibility index (Phi) is 3.72. The predicted octanol–water partition coefficient (Wildman–Crippen LogP) is 2.56. The van der Waals surface area contributed by atoms with Gasteiger partial charge in [0.1, 0.15) is 0 Å². The number of benzene rings is 1. The fraction of sp³-hybridized carbons (Fsp3) is 0.417. The average molecular weight is 206 g/mol. The topological polar surface area (TPSA) is 55.1 Å². The molecule has 0 saturated carbocycles. The summed E-state index contributed by atoms with van der Waals surface area (Å²) in [5.41, 5.74) is 8.16. The first-order valence-corrected chi connectivity index (χ1v) is 5.15. The maximum Gasteiger partial charge on any atom is 0.224 e. The highest BCUT2D eigenvalue weighted by Crippen LogP contribution is 2.18. The van der Waals surface area contributed by atoms with Crippen LogP contribution < -0.4 is 11.1 Å². The van der Waals surface area contributed by atoms with E-state index in [4.69, 9.17) is 5.73 Å². The van der Waals surface area contributed by atoms with Crippen LogP contribution in [0.15, 0.2) is 18.2 Å². The number of hydrogen-bond acceptors (Lipinski definition) is 2. The molecule has 1 aromatic rings. The molecule has 0 aromatic heterocycles. The summed E-state index contributed by atoms with van der Waals surface area (Å²) in [6.45, 7) is 5.99. The van der Waals surface area contributed by atoms with Gasteiger partial charge in [0.05, 0.1) is 0 Å². The summed E-state index contributed by atoms with van der Waals surface area (Å²) in [4.78, 5) is 11.5. The number of aryl methyl sites for hydroxylation is 1. The van der Waals surface area contributed by atoms with Gasteiger partial charge in [-0.2, -0.15) is 0 Å². The molecule has 15 heavy (non-hydrogen) atoms. The Morgan fingerprint density at radius 2 is 2.13 bits per heavy atom. The van der Waals surface area contributed by atoms with E-state index in [0.29, 0.717) is 18.0 Å². The second-order valence-corrected chi connectivity index (χ2v) is 4.22. The number of rotatable bonds is 3. The summed E-state index contributed by atoms with van der Waals surface area (Å²) < 4.78 is 0. The Balaban J connectivity index is 2.71. The lowest BCUT2D eigenvalue weighted by atomic mass is 10.1. The molecule has 1 aromatic carbocycles. The largest absolute Gasteiger partial charge is 0.399 e. The van der Waals surface area contributed by atoms with E-state index in [1.807, 2.05) is 32.9 Å². The van der Waals surface area contributed by atoms with Crippen molar-refractivity contribution in [3.8, 4) is 0 Å². The summed E-state index contributed by atoms with van der Waals surface area (Å²) in [5.74, 6) is 0.407. The van der Waals surface area contributed by atoms with Gasteiger partial charge < -0.3 is 11.1 Å². The van der Waals surface area contributed by atoms with Crippen LogP contribution >= 0.6 is 0 Å². The first-order chi connectivity index (χ1) is 6.99. The first-order valence-electron chi connectivity index (χ1n) is 5.15. The van der Waals surface area contributed by atoms with Gasteiger partial charge in [-0.3, -0.25) is 4.79 Å². The van der Waals surface area contributed by atoms with Gasteiger partial charge in [0.25, 0.3) is 0 Å². The third-order valence-electron chi connectivity index (χ3n) is 2.13. The van der Waals surface area contributed by atoms with E-state index in [1.165, 1.54) is 0 Å². The zero-order valence-electron chi connectivity index (χ0n) is 9.50. The average Bonchev–Trinajstić information content (AvgIpc) is 2.10. The van der Waals surface area contributed by atoms with Crippen molar-refractivity contribution in [3.05, 3.63) is 23.8 Å². The highest BCUT2D eigenvalue weighted by atomic mass is 16.1. The SMILES string of the molecule is Cc1ccc(N)cc1NC(=O)CC(C)C. The van der Waals surface area contributed by atoms with Crippen molar-refractivity contribution in [2.45, 2.75) is 27.2 Å². The molecule has 0 aliphatic rings. The summed E-state index contributed by atoms with van der Waals surface area (Å²) in [7, 11) is 0. The number of anilines is 2. The van der Waals surface area contributed by atoms with Crippen LogP contribution in [0.3, 0.4) is 0 Å². The Labute approximate surface area is 90.7 Å². The highest BCUT2D eigenvalue weighted by molar-refractivity contribution is 5.92. The van der Waals surface area contributed by atoms with Crippen molar-refractivity contribution in [1.82, 2.24) is 0 Å². The van der Waals surface area contributed by atoms with Gasteiger partial charge in [-0.1, -0.05) is 19.9 Å². The second-order valence-electron chi connectivity index (χ2n) is 4.22. The molecule has 0 aliphatic heterocycles. The van der Waals surface area contributed by atoms with Gasteiger partial charge in [0.2, 0.25) is 5.91 Å². The molecular formula is C12H18N2O. The Morgan fingerprint density at radius 1 is 1.47 bits per heavy atom. The van der Waals surface area contributed by atoms with E-state index in [0.717, 1.165) is 11.3 Å². The quantitative estimate of drug-likeness (QED) is 0.747. The fourth-order valence-electron chi connectivity index (χ4n) is 1.35. The van der Waals surface area contributed by atoms with Gasteiger partial charge in [-0.05, 0) is 30.5 Å². The molecule has 0 radical (unpaired) electrons. The minimum absolute atomic E-state index is 0.0405. The van der Waals surface area contributed by atoms with Crippen molar-refractivity contribution in [3.63, 3.8) is 0 Å². The number of carbonyl (C=O) groups is 1. The molecule has 0 atom stereocenters. The van der Waals surface area contributed by atoms with Crippen molar-refractivity contribution in [2.75, 3.05) is 11.1 Å². The molecular weight excluding hydrogens is 188 g/mol. The monoisotopic (exact) mass is 206 g/mol. The molecule has 0 bridgehead atoms. The molecule has 0 aliphatic carbocycles. The Bertz CT molecular complexity index is 359. The van der Waals surface area contributed by atoms with Gasteiger partial charge >= 0.3 is 0 Å². The maximum atomic E-state index is 11.5. The van der Waals surface area contributed by atoms with Crippen molar-refractivity contribution in [2.24, 2.45) is 5.92 Å². The van der Waals surface area contributed by atoms with E-state index < -0.39 is 0 Å². The van der Waals surface area contributed by atoms with Crippen molar-refractivity contribution >= 4 is 17.3 Å². The van der Waals surface area contributed by atoms with Gasteiger partial charge in [0.15, 0.2) is 0 Å². The molecule has 82 valence electrons. The highest BCUT2D eigenvalue weighted by Gasteiger charge is 2.06. The molecule has 3 N–H and O–H groups in total. The summed E-state index contributed by atoms with van der Waals surface area (Å²) in [5, 5.41) is 2.86. The molecule has 0 unspecified atom stereocenters. The Morgan fingerprint density at radius 3 is 2.73 bits per heavy atom. The molecule has 0 heterocycles. The number of nitrogen functional groups attached to an aromatic ring is 1. The van der Waals surface area contributed by atoms with Crippen LogP contribution in [0.1, 0.15) is 25.8 Å². The van der Waals surface area contributed by atoms with E-state index in [1.54, 1.807) is 6.07 Å². The number of nitrogens with one attached hydrogen (secondary N) is 1. The van der Waals surface area contributed by atoms with Crippen LogP contribution in [-0.4, -0.2) is 5.91 Å². The zero-order chi connectivity index (χ0) is 11.4. The van der Waals surface area contributed by atoms with E-state index >= 15 is 0 Å². The summed E-state index contributed by atoms with van der Waals surface area (Å²) in [6, 6.07) is 5.52. The van der Waals surface area contributed by atoms with E-state index in [-0.39, 0.29) is 5.91 Å². The normalized spacial score (nSPS) is 10.4. The molecule has 0 spiro atoms. The number of nitrogens with two attached hydrogens (primary N) is 1. The minimum Gasteiger partial charge on any atom is -0.399 e. The van der Waals surface area contributed by atoms with Crippen molar-refractivity contribution < 1.29 is 4.79 Å². The van der Waals surface area contributed by atoms with Crippen LogP contribution in [0, 0.1) is 12.8 Å². The van der Waals surface area contributed by atoms with E-state index in [9.17, 15) is 4.79 Å². The molecule has 0 fully saturated rings. The first kappa shape index (κ1) is 11.6. The second kappa shape index (κ2) is 4.82. The fourth-order valence-corrected chi connectivity index (χ4v) is 1.35. The van der Waals surface area contributed by atoms with Crippen LogP contribution in [0.5, 0.6) is 0 Å². The molecule has 3 nitrogen and oxygen atoms in total. The van der Waals surface area contributed by atoms with Crippen LogP contribution in [0.4, 0.5) is 11.4 Å². The zero-order valence-corrected chi connectivity index (χ0v) is 9.50. The molecule has 1 rings (SSSR count). The van der Waals surface area contributed by atoms with E-state index in [2.05, 4.69) is 5.32 Å². The maximum absolute atomic E-state index is 11.5. The van der Waals surface area contributed by atoms with Crippen LogP contribution in [0.25, 0.3) is 0 Å². The lowest BCUT2D eigenvalue weighted by Gasteiger charge is -2.10. The third kappa shape index (κ3) is 3.62. The smallest absolute Gasteiger partial charge is 0.224 e. The predicted molar refractivity (Wildman–Crippen MR) is 63.7 cm³/mol. The number of carbonyl (C=O) groups excluding carboxylic acids is 1. The molecule has 3 heteroatoms. The van der Waals surface area contributed by atoms with Crippen molar-refractivity contribution in [1.29, 1.82) is 0 Å². The number of amides is 1. The number of hydrogen-bond donors (Lipinski definition) is 2. The third-order valence-corrected chi connectivity index (χ3v) is 2.13. The van der Waals surface area contributed by atoms with Gasteiger partial charge in [0, 0.05) is 17.8 Å². The lowest BCUT2D eigenvalue weighted by molar-refractivity contribution is -0.116. The lowest BCUT2D eigenvalue weighted by Crippen LogP contribution is -2.14.